The van der Waals surface area contributed by atoms with Gasteiger partial charge in [0.05, 0.1) is 19.1 Å². The molecule has 0 heterocycles. The molecular weight excluding hydrogens is 270 g/mol. The number of ether oxygens (including phenoxy) is 1. The molecule has 0 aromatic heterocycles. The number of amides is 1. The quantitative estimate of drug-likeness (QED) is 0.612. The number of hydrogen-bond acceptors (Lipinski definition) is 5. The minimum atomic E-state index is -0.346. The van der Waals surface area contributed by atoms with E-state index in [0.717, 1.165) is 0 Å². The van der Waals surface area contributed by atoms with Gasteiger partial charge >= 0.3 is 5.97 Å². The van der Waals surface area contributed by atoms with Crippen molar-refractivity contribution in [1.82, 2.24) is 4.90 Å². The van der Waals surface area contributed by atoms with Crippen molar-refractivity contribution in [1.29, 1.82) is 0 Å². The first-order valence-corrected chi connectivity index (χ1v) is 6.86. The minimum Gasteiger partial charge on any atom is -0.469 e. The summed E-state index contributed by atoms with van der Waals surface area (Å²) >= 11 is 0. The van der Waals surface area contributed by atoms with Gasteiger partial charge in [0.15, 0.2) is 0 Å². The van der Waals surface area contributed by atoms with Crippen molar-refractivity contribution in [3.8, 4) is 0 Å². The molecule has 0 saturated heterocycles. The third-order valence-corrected chi connectivity index (χ3v) is 2.99. The third-order valence-electron chi connectivity index (χ3n) is 2.99. The second kappa shape index (κ2) is 7.52. The van der Waals surface area contributed by atoms with Crippen LogP contribution in [0.25, 0.3) is 0 Å². The Hall–Kier alpha value is -2.24. The molecule has 6 heteroatoms. The summed E-state index contributed by atoms with van der Waals surface area (Å²) in [6, 6.07) is 4.80. The van der Waals surface area contributed by atoms with Crippen molar-refractivity contribution < 1.29 is 14.3 Å². The molecule has 0 radical (unpaired) electrons. The van der Waals surface area contributed by atoms with Gasteiger partial charge < -0.3 is 21.1 Å². The fourth-order valence-corrected chi connectivity index (χ4v) is 1.99. The maximum atomic E-state index is 12.6. The molecule has 0 unspecified atom stereocenters. The van der Waals surface area contributed by atoms with Crippen molar-refractivity contribution in [3.05, 3.63) is 23.8 Å². The van der Waals surface area contributed by atoms with Gasteiger partial charge in [0, 0.05) is 24.5 Å². The second-order valence-corrected chi connectivity index (χ2v) is 5.32. The lowest BCUT2D eigenvalue weighted by Gasteiger charge is -2.25. The van der Waals surface area contributed by atoms with Crippen LogP contribution in [-0.2, 0) is 9.53 Å². The van der Waals surface area contributed by atoms with Crippen LogP contribution in [0.1, 0.15) is 30.6 Å². The van der Waals surface area contributed by atoms with Crippen LogP contribution in [-0.4, -0.2) is 37.0 Å². The third kappa shape index (κ3) is 4.98. The molecule has 0 bridgehead atoms. The van der Waals surface area contributed by atoms with E-state index in [1.165, 1.54) is 7.11 Å². The van der Waals surface area contributed by atoms with Gasteiger partial charge in [-0.2, -0.15) is 0 Å². The standard InChI is InChI=1S/C15H23N3O3/c1-10(2)9-18(7-6-14(19)21-3)15(20)12-5-4-11(16)8-13(12)17/h4-5,8,10H,6-7,9,16-17H2,1-3H3. The first-order valence-electron chi connectivity index (χ1n) is 6.86. The van der Waals surface area contributed by atoms with E-state index in [2.05, 4.69) is 4.74 Å². The number of hydrogen-bond donors (Lipinski definition) is 2. The number of rotatable bonds is 6. The Balaban J connectivity index is 2.90. The first-order chi connectivity index (χ1) is 9.85. The maximum Gasteiger partial charge on any atom is 0.307 e. The van der Waals surface area contributed by atoms with Crippen molar-refractivity contribution >= 4 is 23.3 Å². The van der Waals surface area contributed by atoms with E-state index in [-0.39, 0.29) is 24.2 Å². The number of nitrogens with zero attached hydrogens (tertiary/aromatic N) is 1. The number of anilines is 2. The molecule has 0 spiro atoms. The average Bonchev–Trinajstić information content (AvgIpc) is 2.42. The van der Waals surface area contributed by atoms with E-state index in [1.807, 2.05) is 13.8 Å². The molecule has 21 heavy (non-hydrogen) atoms. The lowest BCUT2D eigenvalue weighted by molar-refractivity contribution is -0.140. The van der Waals surface area contributed by atoms with Crippen LogP contribution in [0.4, 0.5) is 11.4 Å². The van der Waals surface area contributed by atoms with E-state index in [0.29, 0.717) is 30.0 Å². The van der Waals surface area contributed by atoms with E-state index >= 15 is 0 Å². The Kier molecular flexibility index (Phi) is 6.02. The minimum absolute atomic E-state index is 0.157. The van der Waals surface area contributed by atoms with Crippen molar-refractivity contribution in [2.24, 2.45) is 5.92 Å². The van der Waals surface area contributed by atoms with Gasteiger partial charge in [0.1, 0.15) is 0 Å². The summed E-state index contributed by atoms with van der Waals surface area (Å²) in [5.41, 5.74) is 12.7. The highest BCUT2D eigenvalue weighted by atomic mass is 16.5. The molecule has 0 aliphatic rings. The number of carbonyl (C=O) groups is 2. The van der Waals surface area contributed by atoms with E-state index in [9.17, 15) is 9.59 Å². The maximum absolute atomic E-state index is 12.6. The molecule has 0 aliphatic carbocycles. The van der Waals surface area contributed by atoms with Crippen LogP contribution in [0.15, 0.2) is 18.2 Å². The van der Waals surface area contributed by atoms with Crippen LogP contribution in [0.2, 0.25) is 0 Å². The smallest absolute Gasteiger partial charge is 0.307 e. The van der Waals surface area contributed by atoms with Crippen LogP contribution in [0.5, 0.6) is 0 Å². The molecule has 1 aromatic carbocycles. The highest BCUT2D eigenvalue weighted by molar-refractivity contribution is 5.99. The van der Waals surface area contributed by atoms with Crippen LogP contribution in [0, 0.1) is 5.92 Å². The van der Waals surface area contributed by atoms with Crippen LogP contribution < -0.4 is 11.5 Å². The molecule has 0 aliphatic heterocycles. The zero-order valence-electron chi connectivity index (χ0n) is 12.8. The Morgan fingerprint density at radius 2 is 1.95 bits per heavy atom. The highest BCUT2D eigenvalue weighted by Crippen LogP contribution is 2.18. The fourth-order valence-electron chi connectivity index (χ4n) is 1.99. The van der Waals surface area contributed by atoms with Gasteiger partial charge in [0.2, 0.25) is 0 Å². The average molecular weight is 293 g/mol. The molecular formula is C15H23N3O3. The van der Waals surface area contributed by atoms with Gasteiger partial charge in [-0.25, -0.2) is 0 Å². The molecule has 1 rings (SSSR count). The monoisotopic (exact) mass is 293 g/mol. The summed E-state index contributed by atoms with van der Waals surface area (Å²) in [4.78, 5) is 25.5. The number of methoxy groups -OCH3 is 1. The normalized spacial score (nSPS) is 10.5. The number of nitrogen functional groups attached to an aromatic ring is 2. The zero-order chi connectivity index (χ0) is 16.0. The Morgan fingerprint density at radius 1 is 1.29 bits per heavy atom. The van der Waals surface area contributed by atoms with Crippen molar-refractivity contribution in [3.63, 3.8) is 0 Å². The van der Waals surface area contributed by atoms with Crippen LogP contribution in [0.3, 0.4) is 0 Å². The molecule has 0 saturated carbocycles. The molecule has 4 N–H and O–H groups in total. The van der Waals surface area contributed by atoms with Crippen molar-refractivity contribution in [2.75, 3.05) is 31.7 Å². The van der Waals surface area contributed by atoms with Gasteiger partial charge in [-0.05, 0) is 24.1 Å². The number of carbonyl (C=O) groups excluding carboxylic acids is 2. The van der Waals surface area contributed by atoms with Crippen molar-refractivity contribution in [2.45, 2.75) is 20.3 Å². The summed E-state index contributed by atoms with van der Waals surface area (Å²) < 4.78 is 4.61. The molecule has 1 amide bonds. The Morgan fingerprint density at radius 3 is 2.48 bits per heavy atom. The summed E-state index contributed by atoms with van der Waals surface area (Å²) in [6.07, 6.45) is 0.157. The lowest BCUT2D eigenvalue weighted by Crippen LogP contribution is -2.36. The fraction of sp³-hybridized carbons (Fsp3) is 0.467. The summed E-state index contributed by atoms with van der Waals surface area (Å²) in [5, 5.41) is 0. The Labute approximate surface area is 125 Å². The van der Waals surface area contributed by atoms with Gasteiger partial charge in [0.25, 0.3) is 5.91 Å². The van der Waals surface area contributed by atoms with Gasteiger partial charge in [-0.3, -0.25) is 9.59 Å². The number of nitrogens with two attached hydrogens (primary N) is 2. The number of esters is 1. The lowest BCUT2D eigenvalue weighted by atomic mass is 10.1. The summed E-state index contributed by atoms with van der Waals surface area (Å²) in [6.45, 7) is 4.85. The predicted octanol–water partition coefficient (Wildman–Crippen LogP) is 1.51. The summed E-state index contributed by atoms with van der Waals surface area (Å²) in [5.74, 6) is -0.270. The Bertz CT molecular complexity index is 515. The summed E-state index contributed by atoms with van der Waals surface area (Å²) in [7, 11) is 1.33. The molecule has 1 aromatic rings. The molecule has 0 atom stereocenters. The first kappa shape index (κ1) is 16.8. The van der Waals surface area contributed by atoms with E-state index in [1.54, 1.807) is 23.1 Å². The predicted molar refractivity (Wildman–Crippen MR) is 82.6 cm³/mol. The topological polar surface area (TPSA) is 98.6 Å². The van der Waals surface area contributed by atoms with Gasteiger partial charge in [-0.1, -0.05) is 13.8 Å². The zero-order valence-corrected chi connectivity index (χ0v) is 12.8. The molecule has 6 nitrogen and oxygen atoms in total. The highest BCUT2D eigenvalue weighted by Gasteiger charge is 2.20. The SMILES string of the molecule is COC(=O)CCN(CC(C)C)C(=O)c1ccc(N)cc1N. The van der Waals surface area contributed by atoms with E-state index in [4.69, 9.17) is 11.5 Å². The van der Waals surface area contributed by atoms with Crippen LogP contribution >= 0.6 is 0 Å². The largest absolute Gasteiger partial charge is 0.469 e. The van der Waals surface area contributed by atoms with E-state index < -0.39 is 0 Å². The second-order valence-electron chi connectivity index (χ2n) is 5.32. The van der Waals surface area contributed by atoms with Gasteiger partial charge in [-0.15, -0.1) is 0 Å². The molecule has 0 fully saturated rings. The number of benzene rings is 1. The molecule has 116 valence electrons.